The van der Waals surface area contributed by atoms with Gasteiger partial charge in [-0.05, 0) is 32.4 Å². The third-order valence-corrected chi connectivity index (χ3v) is 7.97. The van der Waals surface area contributed by atoms with Gasteiger partial charge in [-0.15, -0.1) is 0 Å². The number of sulfonamides is 1. The van der Waals surface area contributed by atoms with E-state index in [0.717, 1.165) is 5.56 Å². The molecule has 2 saturated heterocycles. The van der Waals surface area contributed by atoms with Crippen molar-refractivity contribution in [1.29, 1.82) is 0 Å². The van der Waals surface area contributed by atoms with Gasteiger partial charge in [-0.25, -0.2) is 13.2 Å². The highest BCUT2D eigenvalue weighted by Crippen LogP contribution is 2.32. The van der Waals surface area contributed by atoms with Gasteiger partial charge < -0.3 is 4.74 Å². The summed E-state index contributed by atoms with van der Waals surface area (Å²) in [5.41, 5.74) is -0.0261. The van der Waals surface area contributed by atoms with Gasteiger partial charge in [0.25, 0.3) is 5.69 Å². The minimum atomic E-state index is -4.15. The lowest BCUT2D eigenvalue weighted by molar-refractivity contribution is -0.387. The van der Waals surface area contributed by atoms with E-state index in [9.17, 15) is 23.3 Å². The molecule has 2 heterocycles. The van der Waals surface area contributed by atoms with Gasteiger partial charge in [-0.1, -0.05) is 42.5 Å². The Balaban J connectivity index is 1.62. The fourth-order valence-corrected chi connectivity index (χ4v) is 6.40. The average molecular weight is 503 g/mol. The third-order valence-electron chi connectivity index (χ3n) is 6.09. The summed E-state index contributed by atoms with van der Waals surface area (Å²) < 4.78 is 33.9. The zero-order chi connectivity index (χ0) is 25.4. The zero-order valence-electron chi connectivity index (χ0n) is 20.0. The summed E-state index contributed by atoms with van der Waals surface area (Å²) in [5.74, 6) is 0. The van der Waals surface area contributed by atoms with Crippen molar-refractivity contribution in [3.8, 4) is 0 Å². The maximum atomic E-state index is 13.5. The molecule has 2 aromatic carbocycles. The van der Waals surface area contributed by atoms with Crippen LogP contribution in [0.15, 0.2) is 59.5 Å². The number of benzene rings is 2. The predicted molar refractivity (Wildman–Crippen MR) is 129 cm³/mol. The first-order valence-corrected chi connectivity index (χ1v) is 12.9. The molecule has 0 spiro atoms. The lowest BCUT2D eigenvalue weighted by atomic mass is 10.0. The first kappa shape index (κ1) is 25.1. The quantitative estimate of drug-likeness (QED) is 0.456. The standard InChI is InChI=1S/C24H30N4O6S/c1-24(2,3)34-23(29)27-19-14-25(13-18-9-5-4-6-10-18)15-20(27)17-26(16-19)35(32,33)22-12-8-7-11-21(22)28(30)31/h4-12,19-20H,13-17H2,1-3H3. The number of hydrogen-bond donors (Lipinski definition) is 0. The van der Waals surface area contributed by atoms with Gasteiger partial charge in [0.1, 0.15) is 5.60 Å². The van der Waals surface area contributed by atoms with Crippen LogP contribution in [0, 0.1) is 10.1 Å². The van der Waals surface area contributed by atoms with E-state index >= 15 is 0 Å². The molecule has 2 aliphatic rings. The smallest absolute Gasteiger partial charge is 0.410 e. The number of carbonyl (C=O) groups is 1. The van der Waals surface area contributed by atoms with Gasteiger partial charge in [0.15, 0.2) is 4.90 Å². The average Bonchev–Trinajstić information content (AvgIpc) is 2.77. The second-order valence-electron chi connectivity index (χ2n) is 9.92. The Morgan fingerprint density at radius 1 is 1.00 bits per heavy atom. The van der Waals surface area contributed by atoms with Crippen LogP contribution >= 0.6 is 0 Å². The second-order valence-corrected chi connectivity index (χ2v) is 11.8. The molecule has 35 heavy (non-hydrogen) atoms. The first-order valence-electron chi connectivity index (χ1n) is 11.5. The van der Waals surface area contributed by atoms with E-state index < -0.39 is 44.4 Å². The number of piperazine rings is 2. The molecule has 2 aliphatic heterocycles. The molecular formula is C24H30N4O6S. The Morgan fingerprint density at radius 2 is 1.57 bits per heavy atom. The normalized spacial score (nSPS) is 21.5. The number of hydrogen-bond acceptors (Lipinski definition) is 7. The van der Waals surface area contributed by atoms with Gasteiger partial charge in [0.05, 0.1) is 17.0 Å². The molecule has 1 amide bonds. The summed E-state index contributed by atoms with van der Waals surface area (Å²) in [7, 11) is -4.15. The van der Waals surface area contributed by atoms with Crippen LogP contribution in [-0.2, 0) is 21.3 Å². The molecule has 188 valence electrons. The van der Waals surface area contributed by atoms with Gasteiger partial charge >= 0.3 is 6.09 Å². The molecule has 0 radical (unpaired) electrons. The SMILES string of the molecule is CC(C)(C)OC(=O)N1C2CN(Cc3ccccc3)CC1CN(S(=O)(=O)c1ccccc1[N+](=O)[O-])C2. The molecule has 0 aliphatic carbocycles. The van der Waals surface area contributed by atoms with E-state index in [-0.39, 0.29) is 18.0 Å². The van der Waals surface area contributed by atoms with Crippen LogP contribution in [0.25, 0.3) is 0 Å². The van der Waals surface area contributed by atoms with Crippen molar-refractivity contribution in [2.45, 2.75) is 49.9 Å². The molecule has 2 bridgehead atoms. The monoisotopic (exact) mass is 502 g/mol. The Morgan fingerprint density at radius 3 is 2.14 bits per heavy atom. The van der Waals surface area contributed by atoms with Crippen molar-refractivity contribution in [3.05, 3.63) is 70.3 Å². The Hall–Kier alpha value is -3.02. The number of fused-ring (bicyclic) bond motifs is 2. The molecule has 4 rings (SSSR count). The van der Waals surface area contributed by atoms with Crippen LogP contribution in [-0.4, -0.2) is 77.4 Å². The van der Waals surface area contributed by atoms with Crippen molar-refractivity contribution >= 4 is 21.8 Å². The number of amides is 1. The first-order chi connectivity index (χ1) is 16.5. The van der Waals surface area contributed by atoms with Crippen LogP contribution in [0.1, 0.15) is 26.3 Å². The summed E-state index contributed by atoms with van der Waals surface area (Å²) in [6.45, 7) is 6.99. The number of nitrogens with zero attached hydrogens (tertiary/aromatic N) is 4. The molecular weight excluding hydrogens is 472 g/mol. The van der Waals surface area contributed by atoms with E-state index in [1.54, 1.807) is 25.7 Å². The fourth-order valence-electron chi connectivity index (χ4n) is 4.73. The fraction of sp³-hybridized carbons (Fsp3) is 0.458. The van der Waals surface area contributed by atoms with Crippen LogP contribution in [0.2, 0.25) is 0 Å². The van der Waals surface area contributed by atoms with E-state index in [0.29, 0.717) is 19.6 Å². The number of para-hydroxylation sites is 1. The molecule has 2 aromatic rings. The van der Waals surface area contributed by atoms with E-state index in [2.05, 4.69) is 4.90 Å². The van der Waals surface area contributed by atoms with Crippen molar-refractivity contribution in [3.63, 3.8) is 0 Å². The van der Waals surface area contributed by atoms with Crippen molar-refractivity contribution in [2.75, 3.05) is 26.2 Å². The molecule has 11 heteroatoms. The van der Waals surface area contributed by atoms with Gasteiger partial charge in [-0.2, -0.15) is 4.31 Å². The zero-order valence-corrected chi connectivity index (χ0v) is 20.8. The second kappa shape index (κ2) is 9.56. The maximum Gasteiger partial charge on any atom is 0.410 e. The van der Waals surface area contributed by atoms with E-state index in [1.807, 2.05) is 30.3 Å². The summed E-state index contributed by atoms with van der Waals surface area (Å²) in [6, 6.07) is 14.4. The number of ether oxygens (including phenoxy) is 1. The highest BCUT2D eigenvalue weighted by molar-refractivity contribution is 7.89. The predicted octanol–water partition coefficient (Wildman–Crippen LogP) is 3.09. The Bertz CT molecular complexity index is 1180. The van der Waals surface area contributed by atoms with Crippen LogP contribution < -0.4 is 0 Å². The van der Waals surface area contributed by atoms with Crippen molar-refractivity contribution in [2.24, 2.45) is 0 Å². The number of rotatable bonds is 5. The molecule has 2 unspecified atom stereocenters. The van der Waals surface area contributed by atoms with Crippen molar-refractivity contribution in [1.82, 2.24) is 14.1 Å². The minimum absolute atomic E-state index is 0.0232. The number of carbonyl (C=O) groups excluding carboxylic acids is 1. The molecule has 0 aromatic heterocycles. The highest BCUT2D eigenvalue weighted by Gasteiger charge is 2.48. The third kappa shape index (κ3) is 5.47. The number of nitro groups is 1. The lowest BCUT2D eigenvalue weighted by Crippen LogP contribution is -2.70. The van der Waals surface area contributed by atoms with Crippen LogP contribution in [0.3, 0.4) is 0 Å². The Labute approximate surface area is 205 Å². The van der Waals surface area contributed by atoms with E-state index in [4.69, 9.17) is 4.74 Å². The van der Waals surface area contributed by atoms with E-state index in [1.165, 1.54) is 28.6 Å². The topological polar surface area (TPSA) is 113 Å². The minimum Gasteiger partial charge on any atom is -0.444 e. The largest absolute Gasteiger partial charge is 0.444 e. The summed E-state index contributed by atoms with van der Waals surface area (Å²) in [5, 5.41) is 11.5. The van der Waals surface area contributed by atoms with Crippen LogP contribution in [0.5, 0.6) is 0 Å². The van der Waals surface area contributed by atoms with Crippen LogP contribution in [0.4, 0.5) is 10.5 Å². The molecule has 2 fully saturated rings. The van der Waals surface area contributed by atoms with Gasteiger partial charge in [-0.3, -0.25) is 19.9 Å². The molecule has 10 nitrogen and oxygen atoms in total. The highest BCUT2D eigenvalue weighted by atomic mass is 32.2. The lowest BCUT2D eigenvalue weighted by Gasteiger charge is -2.52. The Kier molecular flexibility index (Phi) is 6.85. The molecule has 2 atom stereocenters. The summed E-state index contributed by atoms with van der Waals surface area (Å²) in [4.78, 5) is 27.4. The summed E-state index contributed by atoms with van der Waals surface area (Å²) in [6.07, 6.45) is -0.477. The van der Waals surface area contributed by atoms with Crippen molar-refractivity contribution < 1.29 is 22.9 Å². The maximum absolute atomic E-state index is 13.5. The van der Waals surface area contributed by atoms with Gasteiger partial charge in [0.2, 0.25) is 10.0 Å². The molecule has 0 N–H and O–H groups in total. The number of nitro benzene ring substituents is 1. The van der Waals surface area contributed by atoms with Gasteiger partial charge in [0, 0.05) is 38.8 Å². The molecule has 0 saturated carbocycles. The summed E-state index contributed by atoms with van der Waals surface area (Å²) >= 11 is 0.